The summed E-state index contributed by atoms with van der Waals surface area (Å²) in [5, 5.41) is 14.2. The van der Waals surface area contributed by atoms with Gasteiger partial charge in [-0.15, -0.1) is 0 Å². The number of rotatable bonds is 10. The van der Waals surface area contributed by atoms with Crippen molar-refractivity contribution >= 4 is 23.7 Å². The summed E-state index contributed by atoms with van der Waals surface area (Å²) in [7, 11) is 0. The Labute approximate surface area is 181 Å². The number of nitrogens with zero attached hydrogens (tertiary/aromatic N) is 2. The standard InChI is InChI=1S/C20H32N6O5/c1-4-11(2)16(18(28)24-12(3)20(30)31)25-17(27)15-6-5-7-26(15)19(29)14(21)8-13-9-22-10-23-13/h9-12,14-16H,4-8,21H2,1-3H3,(H,22,23)(H,24,28)(H,25,27)(H,30,31). The van der Waals surface area contributed by atoms with E-state index in [9.17, 15) is 19.2 Å². The van der Waals surface area contributed by atoms with Crippen molar-refractivity contribution in [3.05, 3.63) is 18.2 Å². The first-order chi connectivity index (χ1) is 14.6. The molecule has 2 heterocycles. The average molecular weight is 437 g/mol. The van der Waals surface area contributed by atoms with E-state index in [2.05, 4.69) is 20.6 Å². The highest BCUT2D eigenvalue weighted by atomic mass is 16.4. The Morgan fingerprint density at radius 1 is 1.32 bits per heavy atom. The molecule has 6 N–H and O–H groups in total. The molecule has 1 aliphatic heterocycles. The highest BCUT2D eigenvalue weighted by molar-refractivity contribution is 5.94. The third-order valence-corrected chi connectivity index (χ3v) is 5.67. The number of aromatic amines is 1. The van der Waals surface area contributed by atoms with Crippen LogP contribution in [0.1, 0.15) is 45.7 Å². The van der Waals surface area contributed by atoms with Gasteiger partial charge in [0.15, 0.2) is 0 Å². The van der Waals surface area contributed by atoms with E-state index in [0.29, 0.717) is 25.8 Å². The Bertz CT molecular complexity index is 783. The summed E-state index contributed by atoms with van der Waals surface area (Å²) >= 11 is 0. The van der Waals surface area contributed by atoms with Crippen LogP contribution in [0.25, 0.3) is 0 Å². The van der Waals surface area contributed by atoms with Gasteiger partial charge in [-0.2, -0.15) is 0 Å². The number of imidazole rings is 1. The van der Waals surface area contributed by atoms with Gasteiger partial charge < -0.3 is 31.4 Å². The molecule has 5 unspecified atom stereocenters. The quantitative estimate of drug-likeness (QED) is 0.326. The number of carbonyl (C=O) groups is 4. The molecule has 11 heteroatoms. The molecule has 3 amide bonds. The van der Waals surface area contributed by atoms with E-state index in [1.165, 1.54) is 18.2 Å². The summed E-state index contributed by atoms with van der Waals surface area (Å²) in [4.78, 5) is 57.8. The maximum absolute atomic E-state index is 13.0. The molecule has 5 atom stereocenters. The first-order valence-corrected chi connectivity index (χ1v) is 10.5. The van der Waals surface area contributed by atoms with Crippen LogP contribution in [0, 0.1) is 5.92 Å². The number of likely N-dealkylation sites (tertiary alicyclic amines) is 1. The van der Waals surface area contributed by atoms with E-state index < -0.39 is 42.0 Å². The normalized spacial score (nSPS) is 19.9. The highest BCUT2D eigenvalue weighted by Crippen LogP contribution is 2.20. The summed E-state index contributed by atoms with van der Waals surface area (Å²) < 4.78 is 0. The molecule has 1 aromatic heterocycles. The van der Waals surface area contributed by atoms with Gasteiger partial charge in [0.05, 0.1) is 12.4 Å². The van der Waals surface area contributed by atoms with Crippen LogP contribution in [-0.4, -0.2) is 74.4 Å². The number of aliphatic carboxylic acids is 1. The largest absolute Gasteiger partial charge is 0.480 e. The van der Waals surface area contributed by atoms with Gasteiger partial charge in [0.1, 0.15) is 18.1 Å². The predicted molar refractivity (Wildman–Crippen MR) is 112 cm³/mol. The van der Waals surface area contributed by atoms with Crippen LogP contribution in [-0.2, 0) is 25.6 Å². The molecule has 0 spiro atoms. The van der Waals surface area contributed by atoms with Gasteiger partial charge in [0.25, 0.3) is 0 Å². The number of carboxylic acid groups (broad SMARTS) is 1. The first-order valence-electron chi connectivity index (χ1n) is 10.5. The second-order valence-electron chi connectivity index (χ2n) is 8.02. The van der Waals surface area contributed by atoms with Crippen LogP contribution in [0.4, 0.5) is 0 Å². The number of nitrogens with one attached hydrogen (secondary N) is 3. The van der Waals surface area contributed by atoms with Gasteiger partial charge in [0, 0.05) is 24.9 Å². The van der Waals surface area contributed by atoms with Crippen molar-refractivity contribution in [3.8, 4) is 0 Å². The van der Waals surface area contributed by atoms with Crippen LogP contribution >= 0.6 is 0 Å². The number of amides is 3. The number of carbonyl (C=O) groups excluding carboxylic acids is 3. The highest BCUT2D eigenvalue weighted by Gasteiger charge is 2.38. The van der Waals surface area contributed by atoms with Crippen LogP contribution in [0.15, 0.2) is 12.5 Å². The van der Waals surface area contributed by atoms with Gasteiger partial charge in [-0.3, -0.25) is 19.2 Å². The van der Waals surface area contributed by atoms with Crippen molar-refractivity contribution in [2.24, 2.45) is 11.7 Å². The molecule has 0 aliphatic carbocycles. The molecule has 0 radical (unpaired) electrons. The Morgan fingerprint density at radius 3 is 2.61 bits per heavy atom. The van der Waals surface area contributed by atoms with Crippen molar-refractivity contribution in [3.63, 3.8) is 0 Å². The summed E-state index contributed by atoms with van der Waals surface area (Å²) in [5.41, 5.74) is 6.79. The van der Waals surface area contributed by atoms with Crippen molar-refractivity contribution in [2.45, 2.75) is 70.6 Å². The van der Waals surface area contributed by atoms with Gasteiger partial charge in [-0.1, -0.05) is 20.3 Å². The minimum absolute atomic E-state index is 0.224. The minimum atomic E-state index is -1.17. The zero-order valence-corrected chi connectivity index (χ0v) is 18.1. The summed E-state index contributed by atoms with van der Waals surface area (Å²) in [6.45, 7) is 5.43. The fourth-order valence-electron chi connectivity index (χ4n) is 3.55. The average Bonchev–Trinajstić information content (AvgIpc) is 3.42. The molecule has 172 valence electrons. The molecular weight excluding hydrogens is 404 g/mol. The van der Waals surface area contributed by atoms with Crippen LogP contribution in [0.5, 0.6) is 0 Å². The first kappa shape index (κ1) is 24.3. The molecule has 1 fully saturated rings. The number of aromatic nitrogens is 2. The monoisotopic (exact) mass is 436 g/mol. The van der Waals surface area contributed by atoms with Gasteiger partial charge in [0.2, 0.25) is 17.7 Å². The molecule has 1 aromatic rings. The molecule has 11 nitrogen and oxygen atoms in total. The fourth-order valence-corrected chi connectivity index (χ4v) is 3.55. The molecule has 0 saturated carbocycles. The number of hydrogen-bond acceptors (Lipinski definition) is 6. The van der Waals surface area contributed by atoms with Crippen molar-refractivity contribution < 1.29 is 24.3 Å². The molecule has 0 aromatic carbocycles. The lowest BCUT2D eigenvalue weighted by Crippen LogP contribution is -2.58. The van der Waals surface area contributed by atoms with Crippen LogP contribution in [0.2, 0.25) is 0 Å². The topological polar surface area (TPSA) is 171 Å². The van der Waals surface area contributed by atoms with E-state index in [1.54, 1.807) is 13.1 Å². The number of hydrogen-bond donors (Lipinski definition) is 5. The fraction of sp³-hybridized carbons (Fsp3) is 0.650. The third kappa shape index (κ3) is 6.27. The summed E-state index contributed by atoms with van der Waals surface area (Å²) in [6, 6.07) is -3.54. The van der Waals surface area contributed by atoms with Crippen LogP contribution < -0.4 is 16.4 Å². The molecule has 1 aliphatic rings. The second kappa shape index (κ2) is 10.9. The Balaban J connectivity index is 2.06. The predicted octanol–water partition coefficient (Wildman–Crippen LogP) is -0.609. The Hall–Kier alpha value is -2.95. The van der Waals surface area contributed by atoms with E-state index in [0.717, 1.165) is 5.69 Å². The SMILES string of the molecule is CCC(C)C(NC(=O)C1CCCN1C(=O)C(N)Cc1cnc[nH]1)C(=O)NC(C)C(=O)O. The summed E-state index contributed by atoms with van der Waals surface area (Å²) in [6.07, 6.45) is 5.08. The second-order valence-corrected chi connectivity index (χ2v) is 8.02. The number of carboxylic acids is 1. The lowest BCUT2D eigenvalue weighted by molar-refractivity contribution is -0.143. The minimum Gasteiger partial charge on any atom is -0.480 e. The Kier molecular flexibility index (Phi) is 8.55. The molecule has 0 bridgehead atoms. The van der Waals surface area contributed by atoms with Crippen molar-refractivity contribution in [1.29, 1.82) is 0 Å². The maximum atomic E-state index is 13.0. The van der Waals surface area contributed by atoms with Crippen molar-refractivity contribution in [1.82, 2.24) is 25.5 Å². The Morgan fingerprint density at radius 2 is 2.03 bits per heavy atom. The van der Waals surface area contributed by atoms with Gasteiger partial charge in [-0.25, -0.2) is 4.98 Å². The number of nitrogens with two attached hydrogens (primary N) is 1. The molecular formula is C20H32N6O5. The molecule has 2 rings (SSSR count). The van der Waals surface area contributed by atoms with Gasteiger partial charge >= 0.3 is 5.97 Å². The maximum Gasteiger partial charge on any atom is 0.325 e. The molecule has 1 saturated heterocycles. The third-order valence-electron chi connectivity index (χ3n) is 5.67. The number of H-pyrrole nitrogens is 1. The van der Waals surface area contributed by atoms with E-state index in [-0.39, 0.29) is 18.2 Å². The van der Waals surface area contributed by atoms with E-state index >= 15 is 0 Å². The van der Waals surface area contributed by atoms with Crippen molar-refractivity contribution in [2.75, 3.05) is 6.54 Å². The zero-order valence-electron chi connectivity index (χ0n) is 18.1. The summed E-state index contributed by atoms with van der Waals surface area (Å²) in [5.74, 6) is -2.73. The molecule has 31 heavy (non-hydrogen) atoms. The lowest BCUT2D eigenvalue weighted by Gasteiger charge is -2.30. The van der Waals surface area contributed by atoms with E-state index in [1.807, 2.05) is 6.92 Å². The zero-order chi connectivity index (χ0) is 23.1. The van der Waals surface area contributed by atoms with E-state index in [4.69, 9.17) is 10.8 Å². The van der Waals surface area contributed by atoms with Crippen LogP contribution in [0.3, 0.4) is 0 Å². The van der Waals surface area contributed by atoms with Gasteiger partial charge in [-0.05, 0) is 25.7 Å². The smallest absolute Gasteiger partial charge is 0.325 e. The lowest BCUT2D eigenvalue weighted by atomic mass is 9.97.